The maximum Gasteiger partial charge on any atom is 0.371 e. The van der Waals surface area contributed by atoms with Crippen molar-refractivity contribution in [3.8, 4) is 17.0 Å². The number of halogens is 2. The Balaban J connectivity index is 1.53. The highest BCUT2D eigenvalue weighted by Crippen LogP contribution is 2.39. The fourth-order valence-corrected chi connectivity index (χ4v) is 4.61. The van der Waals surface area contributed by atoms with Gasteiger partial charge in [0.05, 0.1) is 22.2 Å². The topological polar surface area (TPSA) is 88.9 Å². The van der Waals surface area contributed by atoms with Crippen LogP contribution < -0.4 is 9.64 Å². The van der Waals surface area contributed by atoms with Crippen LogP contribution in [-0.4, -0.2) is 23.3 Å². The average molecular weight is 529 g/mol. The van der Waals surface area contributed by atoms with Crippen LogP contribution in [0, 0.1) is 6.92 Å². The van der Waals surface area contributed by atoms with Crippen molar-refractivity contribution in [2.45, 2.75) is 39.8 Å². The van der Waals surface area contributed by atoms with Crippen LogP contribution in [0.15, 0.2) is 57.5 Å². The van der Waals surface area contributed by atoms with Crippen LogP contribution in [0.3, 0.4) is 0 Å². The molecule has 7 nitrogen and oxygen atoms in total. The van der Waals surface area contributed by atoms with E-state index >= 15 is 0 Å². The summed E-state index contributed by atoms with van der Waals surface area (Å²) in [6, 6.07) is 14.2. The van der Waals surface area contributed by atoms with Gasteiger partial charge in [-0.3, -0.25) is 0 Å². The Morgan fingerprint density at radius 3 is 2.47 bits per heavy atom. The summed E-state index contributed by atoms with van der Waals surface area (Å²) in [5.41, 5.74) is 3.94. The molecule has 0 aliphatic heterocycles. The number of hydrogen-bond acceptors (Lipinski definition) is 6. The van der Waals surface area contributed by atoms with Gasteiger partial charge in [-0.25, -0.2) is 4.79 Å². The summed E-state index contributed by atoms with van der Waals surface area (Å²) in [6.45, 7) is 6.68. The number of nitrogens with zero attached hydrogens (tertiary/aromatic N) is 2. The lowest BCUT2D eigenvalue weighted by atomic mass is 10.0. The summed E-state index contributed by atoms with van der Waals surface area (Å²) >= 11 is 12.9. The summed E-state index contributed by atoms with van der Waals surface area (Å²) in [4.78, 5) is 13.0. The smallest absolute Gasteiger partial charge is 0.371 e. The molecule has 188 valence electrons. The molecule has 2 aromatic carbocycles. The van der Waals surface area contributed by atoms with Crippen molar-refractivity contribution in [1.29, 1.82) is 0 Å². The van der Waals surface area contributed by atoms with Gasteiger partial charge in [-0.05, 0) is 55.0 Å². The molecule has 0 unspecified atom stereocenters. The Hall–Kier alpha value is -3.42. The van der Waals surface area contributed by atoms with Crippen LogP contribution in [0.25, 0.3) is 11.3 Å². The average Bonchev–Trinajstić information content (AvgIpc) is 3.45. The molecule has 4 aromatic rings. The van der Waals surface area contributed by atoms with Crippen molar-refractivity contribution >= 4 is 34.9 Å². The number of hydrogen-bond donors (Lipinski definition) is 1. The monoisotopic (exact) mass is 528 g/mol. The molecule has 9 heteroatoms. The molecule has 0 fully saturated rings. The largest absolute Gasteiger partial charge is 0.489 e. The zero-order valence-electron chi connectivity index (χ0n) is 20.3. The van der Waals surface area contributed by atoms with E-state index < -0.39 is 5.97 Å². The van der Waals surface area contributed by atoms with Crippen molar-refractivity contribution in [1.82, 2.24) is 5.16 Å². The lowest BCUT2D eigenvalue weighted by Gasteiger charge is -2.21. The van der Waals surface area contributed by atoms with Gasteiger partial charge < -0.3 is 23.7 Å². The van der Waals surface area contributed by atoms with Crippen molar-refractivity contribution in [3.63, 3.8) is 0 Å². The highest BCUT2D eigenvalue weighted by atomic mass is 35.5. The third-order valence-electron chi connectivity index (χ3n) is 5.77. The number of carboxylic acid groups (broad SMARTS) is 1. The van der Waals surface area contributed by atoms with Gasteiger partial charge in [-0.2, -0.15) is 0 Å². The molecule has 2 heterocycles. The molecular formula is C27H26Cl2N2O5. The Kier molecular flexibility index (Phi) is 7.62. The molecule has 1 N–H and O–H groups in total. The highest BCUT2D eigenvalue weighted by Gasteiger charge is 2.24. The van der Waals surface area contributed by atoms with Crippen molar-refractivity contribution in [3.05, 3.63) is 87.0 Å². The standard InChI is InChI=1S/C27H26Cl2N2O5/c1-15(2)26-19(25(30-36-26)24-20(28)6-5-7-21(24)29)14-34-17-8-10-22(16(3)12-17)31(4)13-18-9-11-23(35-18)27(32)33/h5-12,15H,13-14H2,1-4H3,(H,32,33). The maximum atomic E-state index is 11.1. The zero-order valence-corrected chi connectivity index (χ0v) is 21.9. The van der Waals surface area contributed by atoms with E-state index in [1.165, 1.54) is 6.07 Å². The van der Waals surface area contributed by atoms with E-state index in [1.807, 2.05) is 50.9 Å². The lowest BCUT2D eigenvalue weighted by Crippen LogP contribution is -2.17. The van der Waals surface area contributed by atoms with Gasteiger partial charge in [0.2, 0.25) is 5.76 Å². The van der Waals surface area contributed by atoms with Crippen LogP contribution in [-0.2, 0) is 13.2 Å². The van der Waals surface area contributed by atoms with Crippen LogP contribution >= 0.6 is 23.2 Å². The molecule has 0 atom stereocenters. The number of anilines is 1. The number of aryl methyl sites for hydroxylation is 1. The maximum absolute atomic E-state index is 11.1. The number of aromatic carboxylic acids is 1. The first-order chi connectivity index (χ1) is 17.2. The number of carbonyl (C=O) groups is 1. The van der Waals surface area contributed by atoms with Crippen molar-refractivity contribution < 1.29 is 23.6 Å². The minimum Gasteiger partial charge on any atom is -0.489 e. The Morgan fingerprint density at radius 2 is 1.86 bits per heavy atom. The summed E-state index contributed by atoms with van der Waals surface area (Å²) in [6.07, 6.45) is 0. The first-order valence-electron chi connectivity index (χ1n) is 11.3. The number of furan rings is 1. The Bertz CT molecular complexity index is 1370. The van der Waals surface area contributed by atoms with Gasteiger partial charge in [0.25, 0.3) is 0 Å². The van der Waals surface area contributed by atoms with E-state index in [9.17, 15) is 4.79 Å². The Morgan fingerprint density at radius 1 is 1.14 bits per heavy atom. The fourth-order valence-electron chi connectivity index (χ4n) is 4.03. The van der Waals surface area contributed by atoms with E-state index in [-0.39, 0.29) is 18.3 Å². The summed E-state index contributed by atoms with van der Waals surface area (Å²) in [5.74, 6) is 0.887. The molecule has 0 radical (unpaired) electrons. The first-order valence-corrected chi connectivity index (χ1v) is 12.1. The second kappa shape index (κ2) is 10.7. The van der Waals surface area contributed by atoms with E-state index in [1.54, 1.807) is 24.3 Å². The number of benzene rings is 2. The molecule has 36 heavy (non-hydrogen) atoms. The number of carboxylic acids is 1. The molecule has 0 aliphatic rings. The second-order valence-electron chi connectivity index (χ2n) is 8.79. The van der Waals surface area contributed by atoms with Gasteiger partial charge in [0.1, 0.15) is 29.6 Å². The van der Waals surface area contributed by atoms with Crippen molar-refractivity contribution in [2.24, 2.45) is 0 Å². The number of rotatable bonds is 9. The molecule has 2 aromatic heterocycles. The summed E-state index contributed by atoms with van der Waals surface area (Å²) in [7, 11) is 1.91. The molecule has 0 amide bonds. The fraction of sp³-hybridized carbons (Fsp3) is 0.259. The Labute approximate surface area is 219 Å². The van der Waals surface area contributed by atoms with E-state index in [4.69, 9.17) is 42.0 Å². The zero-order chi connectivity index (χ0) is 26.0. The van der Waals surface area contributed by atoms with Gasteiger partial charge in [0, 0.05) is 24.2 Å². The minimum absolute atomic E-state index is 0.0779. The second-order valence-corrected chi connectivity index (χ2v) is 9.60. The summed E-state index contributed by atoms with van der Waals surface area (Å²) in [5, 5.41) is 14.3. The van der Waals surface area contributed by atoms with E-state index in [0.29, 0.717) is 45.1 Å². The number of aromatic nitrogens is 1. The van der Waals surface area contributed by atoms with Crippen LogP contribution in [0.5, 0.6) is 5.75 Å². The third kappa shape index (κ3) is 5.37. The third-order valence-corrected chi connectivity index (χ3v) is 6.40. The molecule has 0 aliphatic carbocycles. The predicted octanol–water partition coefficient (Wildman–Crippen LogP) is 7.59. The van der Waals surface area contributed by atoms with Crippen LogP contribution in [0.1, 0.15) is 53.0 Å². The van der Waals surface area contributed by atoms with Crippen molar-refractivity contribution in [2.75, 3.05) is 11.9 Å². The summed E-state index contributed by atoms with van der Waals surface area (Å²) < 4.78 is 17.2. The van der Waals surface area contributed by atoms with Gasteiger partial charge in [0.15, 0.2) is 0 Å². The van der Waals surface area contributed by atoms with Crippen LogP contribution in [0.4, 0.5) is 5.69 Å². The quantitative estimate of drug-likeness (QED) is 0.239. The lowest BCUT2D eigenvalue weighted by molar-refractivity contribution is 0.0660. The molecule has 0 bridgehead atoms. The van der Waals surface area contributed by atoms with Gasteiger partial charge in [-0.1, -0.05) is 48.3 Å². The van der Waals surface area contributed by atoms with Crippen LogP contribution in [0.2, 0.25) is 10.0 Å². The SMILES string of the molecule is Cc1cc(OCc2c(-c3c(Cl)cccc3Cl)noc2C(C)C)ccc1N(C)Cc1ccc(C(=O)O)o1. The van der Waals surface area contributed by atoms with Gasteiger partial charge >= 0.3 is 5.97 Å². The normalized spacial score (nSPS) is 11.2. The molecular weight excluding hydrogens is 503 g/mol. The van der Waals surface area contributed by atoms with Gasteiger partial charge in [-0.15, -0.1) is 0 Å². The molecule has 0 saturated carbocycles. The molecule has 0 saturated heterocycles. The predicted molar refractivity (Wildman–Crippen MR) is 139 cm³/mol. The molecule has 4 rings (SSSR count). The van der Waals surface area contributed by atoms with E-state index in [0.717, 1.165) is 16.8 Å². The highest BCUT2D eigenvalue weighted by molar-refractivity contribution is 6.39. The molecule has 0 spiro atoms. The van der Waals surface area contributed by atoms with E-state index in [2.05, 4.69) is 5.16 Å². The number of ether oxygens (including phenoxy) is 1. The first kappa shape index (κ1) is 25.7. The minimum atomic E-state index is -1.09.